The summed E-state index contributed by atoms with van der Waals surface area (Å²) in [7, 11) is 0. The Morgan fingerprint density at radius 2 is 1.76 bits per heavy atom. The summed E-state index contributed by atoms with van der Waals surface area (Å²) in [6.07, 6.45) is 0.463. The van der Waals surface area contributed by atoms with Gasteiger partial charge in [-0.1, -0.05) is 29.5 Å². The molecular weight excluding hydrogens is 370 g/mol. The zero-order valence-electron chi connectivity index (χ0n) is 13.5. The Bertz CT molecular complexity index is 1040. The number of aromatic nitrogens is 2. The fourth-order valence-corrected chi connectivity index (χ4v) is 5.39. The molecule has 0 unspecified atom stereocenters. The molecule has 1 N–H and O–H groups in total. The highest BCUT2D eigenvalue weighted by atomic mass is 32.2. The van der Waals surface area contributed by atoms with Gasteiger partial charge in [0.1, 0.15) is 0 Å². The molecule has 2 aromatic heterocycles. The first-order valence-corrected chi connectivity index (χ1v) is 10.5. The summed E-state index contributed by atoms with van der Waals surface area (Å²) in [5.41, 5.74) is 1.91. The maximum atomic E-state index is 12.2. The van der Waals surface area contributed by atoms with Crippen LogP contribution < -0.4 is 5.32 Å². The van der Waals surface area contributed by atoms with Crippen LogP contribution in [0.5, 0.6) is 0 Å². The number of thiazole rings is 2. The van der Waals surface area contributed by atoms with Gasteiger partial charge in [0, 0.05) is 17.1 Å². The summed E-state index contributed by atoms with van der Waals surface area (Å²) in [6, 6.07) is 14.1. The highest BCUT2D eigenvalue weighted by molar-refractivity contribution is 7.99. The molecule has 25 heavy (non-hydrogen) atoms. The average Bonchev–Trinajstić information content (AvgIpc) is 3.17. The number of thioether (sulfide) groups is 1. The SMILES string of the molecule is Cc1nc2ccc3nc(NC(=O)CCSc4ccccc4)sc3c2s1. The van der Waals surface area contributed by atoms with Gasteiger partial charge in [-0.2, -0.15) is 0 Å². The fourth-order valence-electron chi connectivity index (χ4n) is 2.50. The van der Waals surface area contributed by atoms with E-state index in [-0.39, 0.29) is 5.91 Å². The van der Waals surface area contributed by atoms with Gasteiger partial charge in [-0.05, 0) is 31.2 Å². The third-order valence-electron chi connectivity index (χ3n) is 3.61. The number of nitrogens with one attached hydrogen (secondary N) is 1. The molecule has 0 radical (unpaired) electrons. The van der Waals surface area contributed by atoms with Crippen molar-refractivity contribution in [2.45, 2.75) is 18.2 Å². The van der Waals surface area contributed by atoms with Gasteiger partial charge in [0.25, 0.3) is 0 Å². The topological polar surface area (TPSA) is 54.9 Å². The fraction of sp³-hybridized carbons (Fsp3) is 0.167. The van der Waals surface area contributed by atoms with Crippen LogP contribution in [0.1, 0.15) is 11.4 Å². The molecule has 2 aromatic carbocycles. The number of hydrogen-bond donors (Lipinski definition) is 1. The van der Waals surface area contributed by atoms with Crippen LogP contribution in [0.2, 0.25) is 0 Å². The zero-order chi connectivity index (χ0) is 17.2. The first-order chi connectivity index (χ1) is 12.2. The Morgan fingerprint density at radius 3 is 2.56 bits per heavy atom. The van der Waals surface area contributed by atoms with Crippen molar-refractivity contribution >= 4 is 65.9 Å². The lowest BCUT2D eigenvalue weighted by Crippen LogP contribution is -2.11. The molecule has 0 bridgehead atoms. The lowest BCUT2D eigenvalue weighted by molar-refractivity contribution is -0.115. The maximum Gasteiger partial charge on any atom is 0.226 e. The normalized spacial score (nSPS) is 11.2. The second kappa shape index (κ2) is 7.11. The molecule has 0 spiro atoms. The number of benzene rings is 2. The number of rotatable bonds is 5. The minimum absolute atomic E-state index is 0.000726. The number of nitrogens with zero attached hydrogens (tertiary/aromatic N) is 2. The number of aryl methyl sites for hydroxylation is 1. The van der Waals surface area contributed by atoms with E-state index >= 15 is 0 Å². The van der Waals surface area contributed by atoms with Crippen LogP contribution in [0.3, 0.4) is 0 Å². The highest BCUT2D eigenvalue weighted by Crippen LogP contribution is 2.35. The number of carbonyl (C=O) groups excluding carboxylic acids is 1. The largest absolute Gasteiger partial charge is 0.302 e. The molecule has 0 aliphatic heterocycles. The van der Waals surface area contributed by atoms with E-state index < -0.39 is 0 Å². The first kappa shape index (κ1) is 16.5. The van der Waals surface area contributed by atoms with Crippen molar-refractivity contribution in [2.75, 3.05) is 11.1 Å². The molecule has 0 saturated carbocycles. The average molecular weight is 386 g/mol. The molecule has 0 atom stereocenters. The Kier molecular flexibility index (Phi) is 4.70. The summed E-state index contributed by atoms with van der Waals surface area (Å²) >= 11 is 4.87. The van der Waals surface area contributed by atoms with Crippen molar-refractivity contribution in [3.05, 3.63) is 47.5 Å². The van der Waals surface area contributed by atoms with Crippen LogP contribution in [0.25, 0.3) is 20.4 Å². The molecule has 0 aliphatic rings. The van der Waals surface area contributed by atoms with Crippen molar-refractivity contribution in [1.29, 1.82) is 0 Å². The Hall–Kier alpha value is -1.96. The molecule has 0 aliphatic carbocycles. The van der Waals surface area contributed by atoms with E-state index in [1.54, 1.807) is 23.1 Å². The van der Waals surface area contributed by atoms with Gasteiger partial charge >= 0.3 is 0 Å². The molecule has 4 rings (SSSR count). The van der Waals surface area contributed by atoms with Crippen LogP contribution in [0.15, 0.2) is 47.4 Å². The predicted molar refractivity (Wildman–Crippen MR) is 108 cm³/mol. The lowest BCUT2D eigenvalue weighted by Gasteiger charge is -2.02. The van der Waals surface area contributed by atoms with E-state index in [9.17, 15) is 4.79 Å². The van der Waals surface area contributed by atoms with E-state index in [0.717, 1.165) is 31.2 Å². The number of amides is 1. The van der Waals surface area contributed by atoms with Crippen LogP contribution in [-0.2, 0) is 4.79 Å². The zero-order valence-corrected chi connectivity index (χ0v) is 15.9. The second-order valence-corrected chi connectivity index (χ2v) is 8.84. The molecule has 126 valence electrons. The summed E-state index contributed by atoms with van der Waals surface area (Å²) < 4.78 is 2.24. The molecule has 0 fully saturated rings. The van der Waals surface area contributed by atoms with E-state index in [0.29, 0.717) is 11.6 Å². The molecule has 0 saturated heterocycles. The van der Waals surface area contributed by atoms with Crippen molar-refractivity contribution in [1.82, 2.24) is 9.97 Å². The molecule has 4 aromatic rings. The second-order valence-electron chi connectivity index (χ2n) is 5.47. The van der Waals surface area contributed by atoms with Crippen molar-refractivity contribution < 1.29 is 4.79 Å². The monoisotopic (exact) mass is 385 g/mol. The molecule has 7 heteroatoms. The minimum Gasteiger partial charge on any atom is -0.302 e. The van der Waals surface area contributed by atoms with E-state index in [1.807, 2.05) is 37.3 Å². The molecule has 2 heterocycles. The molecule has 4 nitrogen and oxygen atoms in total. The summed E-state index contributed by atoms with van der Waals surface area (Å²) in [5.74, 6) is 0.748. The third kappa shape index (κ3) is 3.68. The van der Waals surface area contributed by atoms with Gasteiger partial charge in [0.15, 0.2) is 5.13 Å². The van der Waals surface area contributed by atoms with Crippen molar-refractivity contribution in [2.24, 2.45) is 0 Å². The number of hydrogen-bond acceptors (Lipinski definition) is 6. The predicted octanol–water partition coefficient (Wildman–Crippen LogP) is 5.34. The minimum atomic E-state index is -0.000726. The number of carbonyl (C=O) groups is 1. The van der Waals surface area contributed by atoms with Crippen LogP contribution in [0, 0.1) is 6.92 Å². The van der Waals surface area contributed by atoms with Crippen molar-refractivity contribution in [3.8, 4) is 0 Å². The smallest absolute Gasteiger partial charge is 0.226 e. The van der Waals surface area contributed by atoms with Crippen molar-refractivity contribution in [3.63, 3.8) is 0 Å². The summed E-state index contributed by atoms with van der Waals surface area (Å²) in [4.78, 5) is 22.4. The Balaban J connectivity index is 1.43. The van der Waals surface area contributed by atoms with Crippen LogP contribution >= 0.6 is 34.4 Å². The van der Waals surface area contributed by atoms with E-state index in [1.165, 1.54) is 16.2 Å². The van der Waals surface area contributed by atoms with Gasteiger partial charge in [-0.25, -0.2) is 9.97 Å². The quantitative estimate of drug-likeness (QED) is 0.471. The number of fused-ring (bicyclic) bond motifs is 3. The number of anilines is 1. The third-order valence-corrected chi connectivity index (χ3v) is 6.76. The summed E-state index contributed by atoms with van der Waals surface area (Å²) in [5, 5.41) is 4.63. The molecule has 1 amide bonds. The van der Waals surface area contributed by atoms with Gasteiger partial charge < -0.3 is 5.32 Å². The van der Waals surface area contributed by atoms with Gasteiger partial charge in [0.05, 0.1) is 25.4 Å². The van der Waals surface area contributed by atoms with Gasteiger partial charge in [-0.15, -0.1) is 23.1 Å². The lowest BCUT2D eigenvalue weighted by atomic mass is 10.3. The maximum absolute atomic E-state index is 12.2. The molecular formula is C18H15N3OS3. The highest BCUT2D eigenvalue weighted by Gasteiger charge is 2.12. The van der Waals surface area contributed by atoms with Crippen LogP contribution in [0.4, 0.5) is 5.13 Å². The Labute approximate surface area is 157 Å². The Morgan fingerprint density at radius 1 is 1.04 bits per heavy atom. The standard InChI is InChI=1S/C18H15N3OS3/c1-11-19-13-7-8-14-17(16(13)24-11)25-18(20-14)21-15(22)9-10-23-12-5-3-2-4-6-12/h2-8H,9-10H2,1H3,(H,20,21,22). The first-order valence-electron chi connectivity index (χ1n) is 7.83. The summed E-state index contributed by atoms with van der Waals surface area (Å²) in [6.45, 7) is 2.00. The van der Waals surface area contributed by atoms with E-state index in [4.69, 9.17) is 0 Å². The van der Waals surface area contributed by atoms with Gasteiger partial charge in [-0.3, -0.25) is 4.79 Å². The van der Waals surface area contributed by atoms with Crippen LogP contribution in [-0.4, -0.2) is 21.6 Å². The van der Waals surface area contributed by atoms with Gasteiger partial charge in [0.2, 0.25) is 5.91 Å². The van der Waals surface area contributed by atoms with E-state index in [2.05, 4.69) is 27.4 Å².